The highest BCUT2D eigenvalue weighted by Gasteiger charge is 2.29. The highest BCUT2D eigenvalue weighted by atomic mass is 79.9. The molecule has 3 heterocycles. The quantitative estimate of drug-likeness (QED) is 0.738. The predicted molar refractivity (Wildman–Crippen MR) is 95.0 cm³/mol. The van der Waals surface area contributed by atoms with Crippen LogP contribution in [-0.4, -0.2) is 35.7 Å². The fourth-order valence-corrected chi connectivity index (χ4v) is 3.90. The Morgan fingerprint density at radius 3 is 2.52 bits per heavy atom. The van der Waals surface area contributed by atoms with E-state index in [2.05, 4.69) is 26.8 Å². The standard InChI is InChI=1S/C16H16BrN3O4S/c17-13-4-3-12(25-13)15(22)19-18-14(21)10-5-7-20(8-6-10)16(23)11-2-1-9-24-11/h1-4,9-10H,5-8H2,(H,18,21)(H,19,22). The first-order chi connectivity index (χ1) is 12.0. The van der Waals surface area contributed by atoms with E-state index >= 15 is 0 Å². The molecule has 7 nitrogen and oxygen atoms in total. The van der Waals surface area contributed by atoms with E-state index in [4.69, 9.17) is 4.42 Å². The Labute approximate surface area is 156 Å². The second-order valence-electron chi connectivity index (χ2n) is 5.59. The fourth-order valence-electron chi connectivity index (χ4n) is 2.62. The Hall–Kier alpha value is -2.13. The average molecular weight is 426 g/mol. The minimum atomic E-state index is -0.352. The minimum Gasteiger partial charge on any atom is -0.459 e. The molecule has 2 aromatic rings. The zero-order valence-electron chi connectivity index (χ0n) is 13.2. The lowest BCUT2D eigenvalue weighted by Crippen LogP contribution is -2.48. The number of likely N-dealkylation sites (tertiary alicyclic amines) is 1. The van der Waals surface area contributed by atoms with Crippen LogP contribution >= 0.6 is 27.3 Å². The van der Waals surface area contributed by atoms with E-state index in [0.29, 0.717) is 36.6 Å². The summed E-state index contributed by atoms with van der Waals surface area (Å²) in [5, 5.41) is 0. The molecule has 3 rings (SSSR count). The van der Waals surface area contributed by atoms with E-state index in [1.165, 1.54) is 17.6 Å². The van der Waals surface area contributed by atoms with Gasteiger partial charge in [-0.2, -0.15) is 0 Å². The number of hydrogen-bond donors (Lipinski definition) is 2. The summed E-state index contributed by atoms with van der Waals surface area (Å²) in [5.74, 6) is -0.697. The Bertz CT molecular complexity index is 766. The second kappa shape index (κ2) is 7.83. The maximum atomic E-state index is 12.2. The van der Waals surface area contributed by atoms with Gasteiger partial charge in [0.2, 0.25) is 5.91 Å². The molecule has 1 aliphatic rings. The molecule has 132 valence electrons. The summed E-state index contributed by atoms with van der Waals surface area (Å²) in [5.41, 5.74) is 4.88. The summed E-state index contributed by atoms with van der Waals surface area (Å²) in [6.45, 7) is 0.951. The molecule has 2 aromatic heterocycles. The Kier molecular flexibility index (Phi) is 5.54. The number of rotatable bonds is 3. The molecule has 2 N–H and O–H groups in total. The van der Waals surface area contributed by atoms with Gasteiger partial charge in [0.05, 0.1) is 14.9 Å². The zero-order valence-corrected chi connectivity index (χ0v) is 15.6. The molecule has 9 heteroatoms. The Morgan fingerprint density at radius 1 is 1.16 bits per heavy atom. The van der Waals surface area contributed by atoms with E-state index in [0.717, 1.165) is 3.79 Å². The maximum Gasteiger partial charge on any atom is 0.289 e. The van der Waals surface area contributed by atoms with E-state index < -0.39 is 0 Å². The van der Waals surface area contributed by atoms with Crippen molar-refractivity contribution in [2.75, 3.05) is 13.1 Å². The van der Waals surface area contributed by atoms with Crippen molar-refractivity contribution in [3.05, 3.63) is 45.0 Å². The van der Waals surface area contributed by atoms with Gasteiger partial charge in [-0.3, -0.25) is 25.2 Å². The molecule has 0 atom stereocenters. The molecule has 0 bridgehead atoms. The maximum absolute atomic E-state index is 12.2. The van der Waals surface area contributed by atoms with Gasteiger partial charge >= 0.3 is 0 Å². The number of nitrogens with one attached hydrogen (secondary N) is 2. The van der Waals surface area contributed by atoms with Crippen LogP contribution in [0.5, 0.6) is 0 Å². The highest BCUT2D eigenvalue weighted by molar-refractivity contribution is 9.11. The summed E-state index contributed by atoms with van der Waals surface area (Å²) in [7, 11) is 0. The van der Waals surface area contributed by atoms with Crippen LogP contribution in [0.15, 0.2) is 38.7 Å². The van der Waals surface area contributed by atoms with Crippen molar-refractivity contribution >= 4 is 45.0 Å². The number of hydrazine groups is 1. The summed E-state index contributed by atoms with van der Waals surface area (Å²) in [6, 6.07) is 6.74. The third-order valence-electron chi connectivity index (χ3n) is 3.98. The van der Waals surface area contributed by atoms with Gasteiger partial charge in [0, 0.05) is 19.0 Å². The Balaban J connectivity index is 1.45. The monoisotopic (exact) mass is 425 g/mol. The largest absolute Gasteiger partial charge is 0.459 e. The number of furan rings is 1. The summed E-state index contributed by atoms with van der Waals surface area (Å²) in [6.07, 6.45) is 2.54. The summed E-state index contributed by atoms with van der Waals surface area (Å²) < 4.78 is 5.96. The van der Waals surface area contributed by atoms with E-state index in [1.807, 2.05) is 0 Å². The third-order valence-corrected chi connectivity index (χ3v) is 5.60. The molecule has 0 radical (unpaired) electrons. The Morgan fingerprint density at radius 2 is 1.92 bits per heavy atom. The van der Waals surface area contributed by atoms with Crippen molar-refractivity contribution in [1.29, 1.82) is 0 Å². The van der Waals surface area contributed by atoms with Crippen molar-refractivity contribution in [3.8, 4) is 0 Å². The fraction of sp³-hybridized carbons (Fsp3) is 0.312. The molecule has 1 aliphatic heterocycles. The number of hydrogen-bond acceptors (Lipinski definition) is 5. The molecule has 0 aliphatic carbocycles. The molecule has 0 aromatic carbocycles. The van der Waals surface area contributed by atoms with Gasteiger partial charge in [-0.1, -0.05) is 0 Å². The molecular formula is C16H16BrN3O4S. The van der Waals surface area contributed by atoms with Gasteiger partial charge in [0.15, 0.2) is 5.76 Å². The van der Waals surface area contributed by atoms with Gasteiger partial charge in [-0.25, -0.2) is 0 Å². The second-order valence-corrected chi connectivity index (χ2v) is 8.05. The summed E-state index contributed by atoms with van der Waals surface area (Å²) >= 11 is 4.57. The predicted octanol–water partition coefficient (Wildman–Crippen LogP) is 2.42. The molecule has 1 fully saturated rings. The topological polar surface area (TPSA) is 91.7 Å². The van der Waals surface area contributed by atoms with Crippen LogP contribution in [0.1, 0.15) is 33.1 Å². The molecular weight excluding hydrogens is 410 g/mol. The number of carbonyl (C=O) groups is 3. The number of piperidine rings is 1. The van der Waals surface area contributed by atoms with Crippen LogP contribution in [0.25, 0.3) is 0 Å². The molecule has 0 spiro atoms. The van der Waals surface area contributed by atoms with Crippen molar-refractivity contribution in [2.24, 2.45) is 5.92 Å². The van der Waals surface area contributed by atoms with Gasteiger partial charge in [-0.15, -0.1) is 11.3 Å². The molecule has 25 heavy (non-hydrogen) atoms. The minimum absolute atomic E-state index is 0.166. The van der Waals surface area contributed by atoms with Gasteiger partial charge in [0.25, 0.3) is 11.8 Å². The average Bonchev–Trinajstić information content (AvgIpc) is 3.30. The van der Waals surface area contributed by atoms with E-state index in [1.54, 1.807) is 29.2 Å². The lowest BCUT2D eigenvalue weighted by molar-refractivity contribution is -0.127. The number of halogens is 1. The number of thiophene rings is 1. The number of nitrogens with zero attached hydrogens (tertiary/aromatic N) is 1. The van der Waals surface area contributed by atoms with Crippen LogP contribution in [0.3, 0.4) is 0 Å². The van der Waals surface area contributed by atoms with Crippen LogP contribution < -0.4 is 10.9 Å². The van der Waals surface area contributed by atoms with Crippen molar-refractivity contribution in [1.82, 2.24) is 15.8 Å². The lowest BCUT2D eigenvalue weighted by atomic mass is 9.96. The number of carbonyl (C=O) groups excluding carboxylic acids is 3. The van der Waals surface area contributed by atoms with E-state index in [9.17, 15) is 14.4 Å². The van der Waals surface area contributed by atoms with Crippen LogP contribution in [0.2, 0.25) is 0 Å². The lowest BCUT2D eigenvalue weighted by Gasteiger charge is -2.30. The van der Waals surface area contributed by atoms with Gasteiger partial charge in [-0.05, 0) is 53.0 Å². The van der Waals surface area contributed by atoms with Crippen LogP contribution in [0.4, 0.5) is 0 Å². The summed E-state index contributed by atoms with van der Waals surface area (Å²) in [4.78, 5) is 38.5. The SMILES string of the molecule is O=C(NNC(=O)C1CCN(C(=O)c2ccco2)CC1)c1ccc(Br)s1. The first kappa shape index (κ1) is 17.7. The van der Waals surface area contributed by atoms with E-state index in [-0.39, 0.29) is 23.6 Å². The molecule has 1 saturated heterocycles. The van der Waals surface area contributed by atoms with Gasteiger partial charge < -0.3 is 9.32 Å². The number of amides is 3. The zero-order chi connectivity index (χ0) is 17.8. The smallest absolute Gasteiger partial charge is 0.289 e. The molecule has 0 unspecified atom stereocenters. The van der Waals surface area contributed by atoms with Crippen LogP contribution in [0, 0.1) is 5.92 Å². The third kappa shape index (κ3) is 4.29. The highest BCUT2D eigenvalue weighted by Crippen LogP contribution is 2.22. The molecule has 3 amide bonds. The first-order valence-corrected chi connectivity index (χ1v) is 9.34. The van der Waals surface area contributed by atoms with Crippen molar-refractivity contribution in [2.45, 2.75) is 12.8 Å². The van der Waals surface area contributed by atoms with Crippen molar-refractivity contribution in [3.63, 3.8) is 0 Å². The first-order valence-electron chi connectivity index (χ1n) is 7.73. The van der Waals surface area contributed by atoms with Gasteiger partial charge in [0.1, 0.15) is 0 Å². The van der Waals surface area contributed by atoms with Crippen LogP contribution in [-0.2, 0) is 4.79 Å². The normalized spacial score (nSPS) is 15.0. The van der Waals surface area contributed by atoms with Crippen molar-refractivity contribution < 1.29 is 18.8 Å². The molecule has 0 saturated carbocycles.